The van der Waals surface area contributed by atoms with Crippen molar-refractivity contribution in [3.63, 3.8) is 0 Å². The number of halogens is 1. The molecule has 0 aliphatic heterocycles. The van der Waals surface area contributed by atoms with E-state index in [4.69, 9.17) is 4.74 Å². The van der Waals surface area contributed by atoms with Crippen molar-refractivity contribution in [2.24, 2.45) is 0 Å². The number of nitrogens with one attached hydrogen (secondary N) is 2. The van der Waals surface area contributed by atoms with Crippen LogP contribution in [0.5, 0.6) is 5.75 Å². The maximum absolute atomic E-state index is 14.1. The van der Waals surface area contributed by atoms with Crippen LogP contribution in [0.15, 0.2) is 65.5 Å². The average Bonchev–Trinajstić information content (AvgIpc) is 2.72. The Morgan fingerprint density at radius 3 is 2.55 bits per heavy atom. The van der Waals surface area contributed by atoms with E-state index in [-0.39, 0.29) is 17.9 Å². The topological polar surface area (TPSA) is 71.2 Å². The van der Waals surface area contributed by atoms with Gasteiger partial charge in [0, 0.05) is 23.2 Å². The molecule has 0 fully saturated rings. The molecule has 0 saturated heterocycles. The Hall–Kier alpha value is -3.41. The lowest BCUT2D eigenvalue weighted by Gasteiger charge is -2.26. The summed E-state index contributed by atoms with van der Waals surface area (Å²) in [4.78, 5) is 27.7. The fourth-order valence-corrected chi connectivity index (χ4v) is 3.11. The fourth-order valence-electron chi connectivity index (χ4n) is 3.11. The van der Waals surface area contributed by atoms with E-state index in [1.807, 2.05) is 26.0 Å². The molecule has 6 heteroatoms. The lowest BCUT2D eigenvalue weighted by molar-refractivity contribution is 0.0944. The number of methoxy groups -OCH3 is 1. The number of pyridine rings is 1. The van der Waals surface area contributed by atoms with Gasteiger partial charge in [-0.1, -0.05) is 44.2 Å². The van der Waals surface area contributed by atoms with E-state index < -0.39 is 16.9 Å². The predicted molar refractivity (Wildman–Crippen MR) is 111 cm³/mol. The summed E-state index contributed by atoms with van der Waals surface area (Å²) in [5, 5.41) is 2.74. The highest BCUT2D eigenvalue weighted by Gasteiger charge is 2.25. The number of carbonyl (C=O) groups excluding carboxylic acids is 1. The minimum absolute atomic E-state index is 0.000907. The Morgan fingerprint density at radius 2 is 1.86 bits per heavy atom. The molecular formula is C23H23FN2O3. The summed E-state index contributed by atoms with van der Waals surface area (Å²) < 4.78 is 19.3. The minimum atomic E-state index is -0.631. The van der Waals surface area contributed by atoms with Crippen LogP contribution in [0.4, 0.5) is 4.39 Å². The fraction of sp³-hybridized carbons (Fsp3) is 0.217. The van der Waals surface area contributed by atoms with Crippen molar-refractivity contribution in [1.29, 1.82) is 0 Å². The third kappa shape index (κ3) is 4.54. The summed E-state index contributed by atoms with van der Waals surface area (Å²) in [6.45, 7) is 3.85. The Kier molecular flexibility index (Phi) is 5.82. The van der Waals surface area contributed by atoms with Gasteiger partial charge in [0.05, 0.1) is 7.11 Å². The Bertz CT molecular complexity index is 1090. The van der Waals surface area contributed by atoms with Crippen molar-refractivity contribution < 1.29 is 13.9 Å². The van der Waals surface area contributed by atoms with E-state index >= 15 is 0 Å². The molecule has 3 aromatic rings. The van der Waals surface area contributed by atoms with Crippen LogP contribution >= 0.6 is 0 Å². The number of ether oxygens (including phenoxy) is 1. The zero-order chi connectivity index (χ0) is 21.0. The molecule has 0 atom stereocenters. The summed E-state index contributed by atoms with van der Waals surface area (Å²) in [6.07, 6.45) is 0. The van der Waals surface area contributed by atoms with Crippen molar-refractivity contribution in [2.45, 2.75) is 19.3 Å². The van der Waals surface area contributed by atoms with Gasteiger partial charge >= 0.3 is 0 Å². The van der Waals surface area contributed by atoms with Crippen LogP contribution in [-0.2, 0) is 5.41 Å². The van der Waals surface area contributed by atoms with Gasteiger partial charge in [-0.2, -0.15) is 0 Å². The normalized spacial score (nSPS) is 11.2. The number of rotatable bonds is 6. The van der Waals surface area contributed by atoms with E-state index in [0.29, 0.717) is 17.0 Å². The van der Waals surface area contributed by atoms with Crippen LogP contribution in [-0.4, -0.2) is 24.5 Å². The summed E-state index contributed by atoms with van der Waals surface area (Å²) in [6, 6.07) is 16.9. The first-order chi connectivity index (χ1) is 13.8. The molecule has 1 aromatic heterocycles. The van der Waals surface area contributed by atoms with Gasteiger partial charge in [0.2, 0.25) is 0 Å². The zero-order valence-corrected chi connectivity index (χ0v) is 16.6. The minimum Gasteiger partial charge on any atom is -0.497 e. The third-order valence-corrected chi connectivity index (χ3v) is 4.83. The summed E-state index contributed by atoms with van der Waals surface area (Å²) >= 11 is 0. The molecular weight excluding hydrogens is 371 g/mol. The van der Waals surface area contributed by atoms with Crippen molar-refractivity contribution >= 4 is 5.91 Å². The van der Waals surface area contributed by atoms with Crippen LogP contribution < -0.4 is 15.6 Å². The lowest BCUT2D eigenvalue weighted by Crippen LogP contribution is -2.39. The molecule has 0 saturated carbocycles. The molecule has 150 valence electrons. The standard InChI is InChI=1S/C23H23FN2O3/c1-23(2,18-9-4-5-10-19(18)24)14-25-21(27)17-11-12-20(26-22(17)28)15-7-6-8-16(13-15)29-3/h4-13H,14H2,1-3H3,(H,25,27)(H,26,28). The van der Waals surface area contributed by atoms with Crippen LogP contribution in [0.2, 0.25) is 0 Å². The number of hydrogen-bond donors (Lipinski definition) is 2. The number of benzene rings is 2. The Balaban J connectivity index is 1.76. The zero-order valence-electron chi connectivity index (χ0n) is 16.6. The molecule has 0 spiro atoms. The SMILES string of the molecule is COc1cccc(-c2ccc(C(=O)NCC(C)(C)c3ccccc3F)c(=O)[nH]2)c1. The van der Waals surface area contributed by atoms with Gasteiger partial charge in [-0.25, -0.2) is 4.39 Å². The van der Waals surface area contributed by atoms with E-state index in [9.17, 15) is 14.0 Å². The third-order valence-electron chi connectivity index (χ3n) is 4.83. The first-order valence-corrected chi connectivity index (χ1v) is 9.23. The molecule has 29 heavy (non-hydrogen) atoms. The van der Waals surface area contributed by atoms with Crippen LogP contribution in [0.3, 0.4) is 0 Å². The molecule has 0 aliphatic carbocycles. The van der Waals surface area contributed by atoms with E-state index in [0.717, 1.165) is 5.56 Å². The number of amides is 1. The first kappa shape index (κ1) is 20.3. The molecule has 0 unspecified atom stereocenters. The molecule has 3 rings (SSSR count). The van der Waals surface area contributed by atoms with Crippen molar-refractivity contribution in [1.82, 2.24) is 10.3 Å². The summed E-state index contributed by atoms with van der Waals surface area (Å²) in [5.41, 5.74) is 0.732. The molecule has 5 nitrogen and oxygen atoms in total. The highest BCUT2D eigenvalue weighted by molar-refractivity contribution is 5.94. The molecule has 1 amide bonds. The predicted octanol–water partition coefficient (Wildman–Crippen LogP) is 3.90. The van der Waals surface area contributed by atoms with Crippen LogP contribution in [0.25, 0.3) is 11.3 Å². The maximum atomic E-state index is 14.1. The smallest absolute Gasteiger partial charge is 0.261 e. The quantitative estimate of drug-likeness (QED) is 0.666. The van der Waals surface area contributed by atoms with Crippen LogP contribution in [0.1, 0.15) is 29.8 Å². The molecule has 1 heterocycles. The van der Waals surface area contributed by atoms with Gasteiger partial charge in [-0.05, 0) is 35.9 Å². The summed E-state index contributed by atoms with van der Waals surface area (Å²) in [5.74, 6) is -0.166. The second-order valence-electron chi connectivity index (χ2n) is 7.39. The number of aromatic amines is 1. The van der Waals surface area contributed by atoms with Gasteiger partial charge in [-0.15, -0.1) is 0 Å². The van der Waals surface area contributed by atoms with Gasteiger partial charge in [0.15, 0.2) is 0 Å². The van der Waals surface area contributed by atoms with Gasteiger partial charge in [0.25, 0.3) is 11.5 Å². The number of hydrogen-bond acceptors (Lipinski definition) is 3. The van der Waals surface area contributed by atoms with Crippen molar-refractivity contribution in [3.8, 4) is 17.0 Å². The van der Waals surface area contributed by atoms with Gasteiger partial charge in [0.1, 0.15) is 17.1 Å². The number of H-pyrrole nitrogens is 1. The second kappa shape index (κ2) is 8.31. The average molecular weight is 394 g/mol. The Morgan fingerprint density at radius 1 is 1.10 bits per heavy atom. The second-order valence-corrected chi connectivity index (χ2v) is 7.39. The maximum Gasteiger partial charge on any atom is 0.261 e. The highest BCUT2D eigenvalue weighted by atomic mass is 19.1. The molecule has 0 aliphatic rings. The van der Waals surface area contributed by atoms with Gasteiger partial charge < -0.3 is 15.0 Å². The highest BCUT2D eigenvalue weighted by Crippen LogP contribution is 2.25. The molecule has 2 aromatic carbocycles. The van der Waals surface area contributed by atoms with Crippen molar-refractivity contribution in [3.05, 3.63) is 88.0 Å². The monoisotopic (exact) mass is 394 g/mol. The lowest BCUT2D eigenvalue weighted by atomic mass is 9.84. The molecule has 0 bridgehead atoms. The van der Waals surface area contributed by atoms with Crippen LogP contribution in [0, 0.1) is 5.82 Å². The number of carbonyl (C=O) groups is 1. The number of aromatic nitrogens is 1. The van der Waals surface area contributed by atoms with E-state index in [1.54, 1.807) is 43.5 Å². The Labute approximate surface area is 168 Å². The summed E-state index contributed by atoms with van der Waals surface area (Å²) in [7, 11) is 1.57. The molecule has 0 radical (unpaired) electrons. The van der Waals surface area contributed by atoms with Gasteiger partial charge in [-0.3, -0.25) is 9.59 Å². The van der Waals surface area contributed by atoms with E-state index in [1.165, 1.54) is 12.1 Å². The van der Waals surface area contributed by atoms with Crippen molar-refractivity contribution in [2.75, 3.05) is 13.7 Å². The molecule has 2 N–H and O–H groups in total. The van der Waals surface area contributed by atoms with E-state index in [2.05, 4.69) is 10.3 Å². The largest absolute Gasteiger partial charge is 0.497 e. The first-order valence-electron chi connectivity index (χ1n) is 9.23.